The molecule has 0 aromatic heterocycles. The van der Waals surface area contributed by atoms with Crippen LogP contribution in [0.1, 0.15) is 0 Å². The molecule has 0 aliphatic heterocycles. The standard InChI is InChI=1S/Mg.3O3Si/c;3*1-4(2)3/q+2;3*-2. The Labute approximate surface area is 92.8 Å². The summed E-state index contributed by atoms with van der Waals surface area (Å²) in [5, 5.41) is 0. The van der Waals surface area contributed by atoms with Crippen molar-refractivity contribution in [2.45, 2.75) is 0 Å². The zero-order valence-corrected chi connectivity index (χ0v) is 10.3. The number of hydrogen-bond donors (Lipinski definition) is 0. The van der Waals surface area contributed by atoms with Crippen LogP contribution in [0, 0.1) is 0 Å². The third kappa shape index (κ3) is 7320. The van der Waals surface area contributed by atoms with Gasteiger partial charge in [-0.15, -0.1) is 0 Å². The molecule has 0 N–H and O–H groups in total. The van der Waals surface area contributed by atoms with Crippen molar-refractivity contribution in [2.75, 3.05) is 0 Å². The van der Waals surface area contributed by atoms with E-state index in [1.807, 2.05) is 0 Å². The Morgan fingerprint density at radius 3 is 0.538 bits per heavy atom. The Balaban J connectivity index is -0.0000000450. The van der Waals surface area contributed by atoms with E-state index in [0.29, 0.717) is 0 Å². The normalized spacial score (nSPS) is 5.54. The molecule has 0 aliphatic carbocycles. The Kier molecular flexibility index (Phi) is 31.1. The van der Waals surface area contributed by atoms with Crippen molar-refractivity contribution in [2.24, 2.45) is 0 Å². The average Bonchev–Trinajstić information content (AvgIpc) is 1.54. The minimum absolute atomic E-state index is 0. The predicted octanol–water partition coefficient (Wildman–Crippen LogP) is -9.01. The smallest absolute Gasteiger partial charge is 0.672 e. The maximum atomic E-state index is 8.52. The fourth-order valence-corrected chi connectivity index (χ4v) is 0. The van der Waals surface area contributed by atoms with Gasteiger partial charge in [0.2, 0.25) is 0 Å². The first-order valence-electron chi connectivity index (χ1n) is 1.84. The molecule has 0 unspecified atom stereocenters. The van der Waals surface area contributed by atoms with Crippen LogP contribution in [0.2, 0.25) is 0 Å². The van der Waals surface area contributed by atoms with E-state index in [2.05, 4.69) is 0 Å². The fraction of sp³-hybridized carbons (Fsp3) is 0. The molecule has 0 aromatic rings. The Hall–Kier alpha value is -0.383. The quantitative estimate of drug-likeness (QED) is 0.376. The van der Waals surface area contributed by atoms with Crippen LogP contribution in [0.3, 0.4) is 0 Å². The number of hydrogen-bond acceptors (Lipinski definition) is 9. The summed E-state index contributed by atoms with van der Waals surface area (Å²) >= 11 is 0. The summed E-state index contributed by atoms with van der Waals surface area (Å²) in [6.45, 7) is 0. The van der Waals surface area contributed by atoms with Gasteiger partial charge in [-0.3, -0.25) is 0 Å². The van der Waals surface area contributed by atoms with E-state index in [9.17, 15) is 0 Å². The largest absolute Gasteiger partial charge is 2.00 e. The van der Waals surface area contributed by atoms with Crippen molar-refractivity contribution in [1.82, 2.24) is 0 Å². The van der Waals surface area contributed by atoms with Crippen LogP contribution in [-0.2, 0) is 13.4 Å². The van der Waals surface area contributed by atoms with E-state index >= 15 is 0 Å². The van der Waals surface area contributed by atoms with Crippen molar-refractivity contribution in [3.63, 3.8) is 0 Å². The van der Waals surface area contributed by atoms with Gasteiger partial charge in [0, 0.05) is 27.5 Å². The monoisotopic (exact) mass is 252 g/mol. The van der Waals surface area contributed by atoms with Crippen LogP contribution in [-0.4, -0.2) is 50.6 Å². The second-order valence-electron chi connectivity index (χ2n) is 0.750. The first-order chi connectivity index (χ1) is 5.20. The van der Waals surface area contributed by atoms with Crippen LogP contribution >= 0.6 is 0 Å². The van der Waals surface area contributed by atoms with Gasteiger partial charge in [0.15, 0.2) is 0 Å². The SMILES string of the molecule is O=[Si]([O-])[O-].O=[Si]([O-])[O-].O=[Si]([O-])[O-].[Mg+2]. The minimum Gasteiger partial charge on any atom is -0.672 e. The molecule has 9 nitrogen and oxygen atoms in total. The molecule has 0 saturated heterocycles. The summed E-state index contributed by atoms with van der Waals surface area (Å²) in [6.07, 6.45) is 0. The minimum atomic E-state index is -3.63. The van der Waals surface area contributed by atoms with Gasteiger partial charge in [-0.2, -0.15) is 0 Å². The van der Waals surface area contributed by atoms with Gasteiger partial charge in [-0.05, 0) is 0 Å². The van der Waals surface area contributed by atoms with Gasteiger partial charge in [0.05, 0.1) is 0 Å². The molecule has 13 heteroatoms. The van der Waals surface area contributed by atoms with Crippen molar-refractivity contribution >= 4 is 50.6 Å². The molecular weight excluding hydrogens is 253 g/mol. The molecule has 0 spiro atoms. The first-order valence-corrected chi connectivity index (χ1v) is 5.51. The molecule has 0 aliphatic rings. The third-order valence-electron chi connectivity index (χ3n) is 0. The molecule has 0 atom stereocenters. The van der Waals surface area contributed by atoms with E-state index in [-0.39, 0.29) is 23.1 Å². The zero-order valence-electron chi connectivity index (χ0n) is 5.88. The summed E-state index contributed by atoms with van der Waals surface area (Å²) in [5.74, 6) is 0. The third-order valence-corrected chi connectivity index (χ3v) is 0. The Morgan fingerprint density at radius 2 is 0.538 bits per heavy atom. The molecule has 0 bridgehead atoms. The molecule has 0 aromatic carbocycles. The van der Waals surface area contributed by atoms with Crippen molar-refractivity contribution in [3.05, 3.63) is 0 Å². The summed E-state index contributed by atoms with van der Waals surface area (Å²) in [6, 6.07) is 0. The van der Waals surface area contributed by atoms with E-state index in [1.54, 1.807) is 0 Å². The van der Waals surface area contributed by atoms with Crippen molar-refractivity contribution in [3.8, 4) is 0 Å². The molecular formula is MgO9Si3-4. The summed E-state index contributed by atoms with van der Waals surface area (Å²) < 4.78 is 25.6. The average molecular weight is 253 g/mol. The molecule has 0 radical (unpaired) electrons. The van der Waals surface area contributed by atoms with Gasteiger partial charge >= 0.3 is 23.1 Å². The number of rotatable bonds is 0. The van der Waals surface area contributed by atoms with E-state index in [0.717, 1.165) is 0 Å². The molecule has 72 valence electrons. The van der Waals surface area contributed by atoms with Gasteiger partial charge in [0.25, 0.3) is 0 Å². The van der Waals surface area contributed by atoms with Crippen LogP contribution in [0.5, 0.6) is 0 Å². The van der Waals surface area contributed by atoms with Crippen LogP contribution in [0.4, 0.5) is 0 Å². The van der Waals surface area contributed by atoms with Gasteiger partial charge in [-0.1, -0.05) is 0 Å². The maximum Gasteiger partial charge on any atom is 2.00 e. The van der Waals surface area contributed by atoms with Gasteiger partial charge in [-0.25, -0.2) is 0 Å². The molecule has 0 saturated carbocycles. The Bertz CT molecular complexity index is 112. The summed E-state index contributed by atoms with van der Waals surface area (Å²) in [7, 11) is -10.9. The molecule has 0 amide bonds. The van der Waals surface area contributed by atoms with Crippen molar-refractivity contribution < 1.29 is 42.2 Å². The maximum absolute atomic E-state index is 8.52. The first kappa shape index (κ1) is 22.9. The zero-order chi connectivity index (χ0) is 10.7. The predicted molar refractivity (Wildman–Crippen MR) is 25.1 cm³/mol. The second kappa shape index (κ2) is 17.6. The fourth-order valence-electron chi connectivity index (χ4n) is 0. The molecule has 0 rings (SSSR count). The molecule has 0 fully saturated rings. The Morgan fingerprint density at radius 1 is 0.538 bits per heavy atom. The second-order valence-corrected chi connectivity index (χ2v) is 2.25. The van der Waals surface area contributed by atoms with Crippen LogP contribution < -0.4 is 28.8 Å². The van der Waals surface area contributed by atoms with E-state index < -0.39 is 27.5 Å². The van der Waals surface area contributed by atoms with E-state index in [4.69, 9.17) is 42.2 Å². The summed E-state index contributed by atoms with van der Waals surface area (Å²) in [5.41, 5.74) is 0. The van der Waals surface area contributed by atoms with Crippen LogP contribution in [0.15, 0.2) is 0 Å². The van der Waals surface area contributed by atoms with Crippen molar-refractivity contribution in [1.29, 1.82) is 0 Å². The summed E-state index contributed by atoms with van der Waals surface area (Å²) in [4.78, 5) is 51.1. The topological polar surface area (TPSA) is 190 Å². The van der Waals surface area contributed by atoms with E-state index in [1.165, 1.54) is 0 Å². The molecule has 13 heavy (non-hydrogen) atoms. The van der Waals surface area contributed by atoms with Gasteiger partial charge < -0.3 is 42.2 Å². The van der Waals surface area contributed by atoms with Gasteiger partial charge in [0.1, 0.15) is 0 Å². The van der Waals surface area contributed by atoms with Crippen LogP contribution in [0.25, 0.3) is 0 Å². The molecule has 0 heterocycles.